The van der Waals surface area contributed by atoms with Crippen LogP contribution in [0.3, 0.4) is 0 Å². The molecule has 2 amide bonds. The van der Waals surface area contributed by atoms with E-state index in [1.807, 2.05) is 30.3 Å². The smallest absolute Gasteiger partial charge is 0.343 e. The van der Waals surface area contributed by atoms with Crippen LogP contribution in [0.2, 0.25) is 11.1 Å². The molecule has 192 valence electrons. The van der Waals surface area contributed by atoms with Gasteiger partial charge in [0.2, 0.25) is 0 Å². The van der Waals surface area contributed by atoms with Gasteiger partial charge in [-0.1, -0.05) is 70.2 Å². The Labute approximate surface area is 218 Å². The second-order valence-corrected chi connectivity index (χ2v) is 15.1. The van der Waals surface area contributed by atoms with E-state index < -0.39 is 38.4 Å². The minimum absolute atomic E-state index is 0.194. The molecule has 2 aromatic carbocycles. The maximum absolute atomic E-state index is 13.5. The normalized spacial score (nSPS) is 29.5. The summed E-state index contributed by atoms with van der Waals surface area (Å²) in [6.07, 6.45) is -1.56. The van der Waals surface area contributed by atoms with E-state index in [0.29, 0.717) is 24.3 Å². The Kier molecular flexibility index (Phi) is 7.15. The largest absolute Gasteiger partial charge is 0.391 e. The number of imide groups is 1. The van der Waals surface area contributed by atoms with E-state index in [2.05, 4.69) is 27.7 Å². The first kappa shape index (κ1) is 25.6. The van der Waals surface area contributed by atoms with Crippen LogP contribution in [0.5, 0.6) is 0 Å². The van der Waals surface area contributed by atoms with Crippen LogP contribution in [0.4, 0.5) is 0 Å². The zero-order valence-electron chi connectivity index (χ0n) is 21.0. The van der Waals surface area contributed by atoms with Crippen molar-refractivity contribution in [1.29, 1.82) is 0 Å². The highest BCUT2D eigenvalue weighted by Crippen LogP contribution is 2.44. The van der Waals surface area contributed by atoms with Gasteiger partial charge in [0.1, 0.15) is 29.8 Å². The molecule has 0 saturated carbocycles. The monoisotopic (exact) mass is 527 g/mol. The number of amides is 2. The van der Waals surface area contributed by atoms with Crippen molar-refractivity contribution < 1.29 is 27.9 Å². The van der Waals surface area contributed by atoms with E-state index in [1.54, 1.807) is 24.3 Å². The molecule has 0 N–H and O–H groups in total. The quantitative estimate of drug-likeness (QED) is 0.337. The lowest BCUT2D eigenvalue weighted by molar-refractivity contribution is -0.215. The molecule has 5 atom stereocenters. The molecule has 3 aliphatic heterocycles. The highest BCUT2D eigenvalue weighted by molar-refractivity contribution is 7.80. The molecule has 2 saturated heterocycles. The summed E-state index contributed by atoms with van der Waals surface area (Å²) in [7, 11) is -2.66. The van der Waals surface area contributed by atoms with Gasteiger partial charge in [-0.3, -0.25) is 14.5 Å². The van der Waals surface area contributed by atoms with Crippen LogP contribution in [0.15, 0.2) is 54.6 Å². The van der Waals surface area contributed by atoms with Crippen LogP contribution in [-0.2, 0) is 24.9 Å². The van der Waals surface area contributed by atoms with E-state index >= 15 is 0 Å². The molecule has 0 aromatic heterocycles. The Morgan fingerprint density at radius 2 is 1.56 bits per heavy atom. The molecule has 3 aliphatic rings. The minimum Gasteiger partial charge on any atom is -0.391 e. The zero-order valence-corrected chi connectivity index (χ0v) is 22.9. The summed E-state index contributed by atoms with van der Waals surface area (Å²) >= 11 is 4.72. The number of hydrogen-bond acceptors (Lipinski definition) is 7. The maximum Gasteiger partial charge on any atom is 0.343 e. The molecule has 0 spiro atoms. The van der Waals surface area contributed by atoms with Gasteiger partial charge in [-0.2, -0.15) is 0 Å². The summed E-state index contributed by atoms with van der Waals surface area (Å²) < 4.78 is 26.1. The fraction of sp³-hybridized carbons (Fsp3) is 0.481. The topological polar surface area (TPSA) is 74.3 Å². The average Bonchev–Trinajstić information content (AvgIpc) is 3.12. The van der Waals surface area contributed by atoms with Crippen LogP contribution in [0.1, 0.15) is 54.0 Å². The van der Waals surface area contributed by atoms with E-state index in [-0.39, 0.29) is 22.9 Å². The molecule has 0 radical (unpaired) electrons. The third-order valence-electron chi connectivity index (χ3n) is 7.45. The average molecular weight is 528 g/mol. The number of thiol groups is 1. The summed E-state index contributed by atoms with van der Waals surface area (Å²) in [5.41, 5.74) is 1.38. The van der Waals surface area contributed by atoms with Crippen LogP contribution < -0.4 is 0 Å². The standard InChI is InChI=1S/C27H33NO6SSi/c1-16(2)36(17(3)4)32-15-21-23(34-36)24(31-14-18-10-6-5-7-11-18)22(27(35)33-21)28-25(29)19-12-8-9-13-20(19)26(28)30/h5-13,16-17,21-24,27,35H,14-15H2,1-4H3/t21-,22-,23+,24-,27+/m1/s1. The van der Waals surface area contributed by atoms with Crippen LogP contribution in [-0.4, -0.2) is 61.7 Å². The highest BCUT2D eigenvalue weighted by Gasteiger charge is 2.60. The first-order valence-corrected chi connectivity index (χ1v) is 15.0. The van der Waals surface area contributed by atoms with E-state index in [9.17, 15) is 9.59 Å². The fourth-order valence-electron chi connectivity index (χ4n) is 5.63. The number of carbonyl (C=O) groups is 2. The number of benzene rings is 2. The van der Waals surface area contributed by atoms with E-state index in [1.165, 1.54) is 4.90 Å². The van der Waals surface area contributed by atoms with Gasteiger partial charge in [0.15, 0.2) is 0 Å². The second kappa shape index (κ2) is 10.0. The second-order valence-electron chi connectivity index (χ2n) is 10.3. The van der Waals surface area contributed by atoms with Crippen molar-refractivity contribution in [3.63, 3.8) is 0 Å². The number of hydrogen-bond donors (Lipinski definition) is 1. The Balaban J connectivity index is 1.53. The molecular weight excluding hydrogens is 494 g/mol. The molecule has 7 nitrogen and oxygen atoms in total. The van der Waals surface area contributed by atoms with Gasteiger partial charge in [-0.15, -0.1) is 12.6 Å². The molecule has 3 heterocycles. The van der Waals surface area contributed by atoms with Gasteiger partial charge in [-0.05, 0) is 28.8 Å². The SMILES string of the molecule is CC(C)[Si]1(C(C)C)OC[C@H]2O[C@@H](S)[C@H](N3C(=O)c4ccccc4C3=O)[C@@H](OCc3ccccc3)[C@H]2O1. The number of nitrogens with zero attached hydrogens (tertiary/aromatic N) is 1. The fourth-order valence-corrected chi connectivity index (χ4v) is 9.83. The Morgan fingerprint density at radius 3 is 2.14 bits per heavy atom. The van der Waals surface area contributed by atoms with Crippen molar-refractivity contribution in [3.8, 4) is 0 Å². The van der Waals surface area contributed by atoms with Crippen LogP contribution >= 0.6 is 12.6 Å². The van der Waals surface area contributed by atoms with Gasteiger partial charge in [-0.25, -0.2) is 0 Å². The maximum atomic E-state index is 13.5. The molecule has 2 fully saturated rings. The Morgan fingerprint density at radius 1 is 0.972 bits per heavy atom. The number of ether oxygens (including phenoxy) is 2. The van der Waals surface area contributed by atoms with Gasteiger partial charge in [0.05, 0.1) is 24.3 Å². The number of rotatable bonds is 6. The molecular formula is C27H33NO6SSi. The molecule has 2 aromatic rings. The van der Waals surface area contributed by atoms with E-state index in [4.69, 9.17) is 31.0 Å². The van der Waals surface area contributed by atoms with Crippen molar-refractivity contribution >= 4 is 33.0 Å². The van der Waals surface area contributed by atoms with E-state index in [0.717, 1.165) is 5.56 Å². The molecule has 36 heavy (non-hydrogen) atoms. The molecule has 9 heteroatoms. The number of carbonyl (C=O) groups excluding carboxylic acids is 2. The van der Waals surface area contributed by atoms with Crippen LogP contribution in [0, 0.1) is 0 Å². The minimum atomic E-state index is -2.66. The summed E-state index contributed by atoms with van der Waals surface area (Å²) in [4.78, 5) is 28.2. The molecule has 0 unspecified atom stereocenters. The summed E-state index contributed by atoms with van der Waals surface area (Å²) in [6, 6.07) is 15.9. The number of fused-ring (bicyclic) bond motifs is 2. The zero-order chi connectivity index (χ0) is 25.6. The Bertz CT molecular complexity index is 1090. The van der Waals surface area contributed by atoms with Crippen LogP contribution in [0.25, 0.3) is 0 Å². The van der Waals surface area contributed by atoms with Gasteiger partial charge in [0.25, 0.3) is 11.8 Å². The van der Waals surface area contributed by atoms with Crippen molar-refractivity contribution in [1.82, 2.24) is 4.90 Å². The van der Waals surface area contributed by atoms with Crippen molar-refractivity contribution in [2.45, 2.75) is 75.2 Å². The highest BCUT2D eigenvalue weighted by atomic mass is 32.1. The first-order valence-electron chi connectivity index (χ1n) is 12.5. The summed E-state index contributed by atoms with van der Waals surface area (Å²) in [5.74, 6) is -0.725. The lowest BCUT2D eigenvalue weighted by atomic mass is 9.96. The van der Waals surface area contributed by atoms with Crippen molar-refractivity contribution in [2.75, 3.05) is 6.61 Å². The van der Waals surface area contributed by atoms with Crippen molar-refractivity contribution in [2.24, 2.45) is 0 Å². The third kappa shape index (κ3) is 4.25. The summed E-state index contributed by atoms with van der Waals surface area (Å²) in [6.45, 7) is 9.16. The lowest BCUT2D eigenvalue weighted by Gasteiger charge is -2.54. The lowest BCUT2D eigenvalue weighted by Crippen LogP contribution is -2.71. The predicted molar refractivity (Wildman–Crippen MR) is 140 cm³/mol. The predicted octanol–water partition coefficient (Wildman–Crippen LogP) is 4.57. The third-order valence-corrected chi connectivity index (χ3v) is 12.3. The van der Waals surface area contributed by atoms with Gasteiger partial charge in [0, 0.05) is 0 Å². The van der Waals surface area contributed by atoms with Crippen molar-refractivity contribution in [3.05, 3.63) is 71.3 Å². The first-order chi connectivity index (χ1) is 17.2. The Hall–Kier alpha value is -2.01. The molecule has 5 rings (SSSR count). The summed E-state index contributed by atoms with van der Waals surface area (Å²) in [5, 5.41) is 0. The molecule has 0 bridgehead atoms. The molecule has 0 aliphatic carbocycles. The van der Waals surface area contributed by atoms with Gasteiger partial charge >= 0.3 is 8.56 Å². The van der Waals surface area contributed by atoms with Gasteiger partial charge < -0.3 is 18.3 Å².